The highest BCUT2D eigenvalue weighted by atomic mass is 35.5. The van der Waals surface area contributed by atoms with Crippen LogP contribution >= 0.6 is 34.7 Å². The largest absolute Gasteiger partial charge is 0.294 e. The smallest absolute Gasteiger partial charge is 0.286 e. The Morgan fingerprint density at radius 2 is 1.75 bits per heavy atom. The van der Waals surface area contributed by atoms with Crippen LogP contribution in [0.5, 0.6) is 0 Å². The van der Waals surface area contributed by atoms with Crippen molar-refractivity contribution in [3.8, 4) is 0 Å². The van der Waals surface area contributed by atoms with Gasteiger partial charge in [0.2, 0.25) is 5.91 Å². The molecule has 1 saturated carbocycles. The quantitative estimate of drug-likeness (QED) is 0.644. The molecule has 2 fully saturated rings. The molecule has 28 heavy (non-hydrogen) atoms. The van der Waals surface area contributed by atoms with E-state index in [1.807, 2.05) is 30.3 Å². The lowest BCUT2D eigenvalue weighted by Crippen LogP contribution is -2.41. The lowest BCUT2D eigenvalue weighted by Gasteiger charge is -2.30. The maximum absolute atomic E-state index is 13.3. The lowest BCUT2D eigenvalue weighted by atomic mass is 9.94. The number of halogens is 1. The predicted octanol–water partition coefficient (Wildman–Crippen LogP) is 5.10. The molecule has 1 atom stereocenters. The van der Waals surface area contributed by atoms with Crippen molar-refractivity contribution < 1.29 is 13.2 Å². The minimum atomic E-state index is -3.92. The minimum absolute atomic E-state index is 0.00309. The highest BCUT2D eigenvalue weighted by molar-refractivity contribution is 8.15. The van der Waals surface area contributed by atoms with E-state index in [-0.39, 0.29) is 21.3 Å². The summed E-state index contributed by atoms with van der Waals surface area (Å²) >= 11 is 8.09. The molecule has 1 amide bonds. The van der Waals surface area contributed by atoms with Gasteiger partial charge in [-0.2, -0.15) is 8.42 Å². The van der Waals surface area contributed by atoms with Gasteiger partial charge in [-0.3, -0.25) is 9.69 Å². The monoisotopic (exact) mass is 454 g/mol. The molecule has 1 aliphatic carbocycles. The van der Waals surface area contributed by atoms with E-state index >= 15 is 0 Å². The van der Waals surface area contributed by atoms with E-state index in [1.54, 1.807) is 4.90 Å². The van der Waals surface area contributed by atoms with Crippen LogP contribution in [-0.2, 0) is 14.8 Å². The van der Waals surface area contributed by atoms with Gasteiger partial charge in [0.25, 0.3) is 10.0 Å². The summed E-state index contributed by atoms with van der Waals surface area (Å²) < 4.78 is 30.1. The van der Waals surface area contributed by atoms with E-state index in [2.05, 4.69) is 4.40 Å². The highest BCUT2D eigenvalue weighted by Crippen LogP contribution is 2.43. The van der Waals surface area contributed by atoms with Gasteiger partial charge in [-0.05, 0) is 30.5 Å². The first-order chi connectivity index (χ1) is 13.5. The number of rotatable bonds is 4. The fourth-order valence-corrected chi connectivity index (χ4v) is 7.47. The molecule has 1 saturated heterocycles. The van der Waals surface area contributed by atoms with Crippen LogP contribution < -0.4 is 0 Å². The second-order valence-corrected chi connectivity index (χ2v) is 11.4. The van der Waals surface area contributed by atoms with E-state index in [0.29, 0.717) is 4.34 Å². The molecule has 148 valence electrons. The summed E-state index contributed by atoms with van der Waals surface area (Å²) in [4.78, 5) is 14.9. The van der Waals surface area contributed by atoms with Crippen molar-refractivity contribution in [3.05, 3.63) is 52.4 Å². The van der Waals surface area contributed by atoms with Gasteiger partial charge in [0, 0.05) is 6.04 Å². The maximum atomic E-state index is 13.3. The zero-order valence-corrected chi connectivity index (χ0v) is 18.2. The summed E-state index contributed by atoms with van der Waals surface area (Å²) in [6.07, 6.45) is 4.97. The highest BCUT2D eigenvalue weighted by Gasteiger charge is 2.43. The Bertz CT molecular complexity index is 998. The summed E-state index contributed by atoms with van der Waals surface area (Å²) in [5, 5.41) is -0.195. The molecule has 1 aromatic heterocycles. The summed E-state index contributed by atoms with van der Waals surface area (Å²) in [5.74, 6) is -0.0822. The number of amides is 1. The van der Waals surface area contributed by atoms with E-state index in [9.17, 15) is 13.2 Å². The number of nitrogens with zero attached hydrogens (tertiary/aromatic N) is 2. The number of thioether (sulfide) groups is 1. The fourth-order valence-electron chi connectivity index (χ4n) is 3.60. The molecule has 1 aliphatic heterocycles. The average Bonchev–Trinajstić information content (AvgIpc) is 3.27. The molecule has 5 nitrogen and oxygen atoms in total. The number of carbonyl (C=O) groups excluding carboxylic acids is 1. The SMILES string of the molecule is O=C1C(c2ccccc2)S/C(=N\S(=O)(=O)c2ccc(Cl)s2)N1C1CCCCC1. The second-order valence-electron chi connectivity index (χ2n) is 6.82. The molecular formula is C19H19ClN2O3S3. The number of amidine groups is 1. The van der Waals surface area contributed by atoms with Crippen LogP contribution in [0.2, 0.25) is 4.34 Å². The molecule has 2 aromatic rings. The Morgan fingerprint density at radius 3 is 2.39 bits per heavy atom. The van der Waals surface area contributed by atoms with E-state index in [4.69, 9.17) is 11.6 Å². The van der Waals surface area contributed by atoms with Crippen molar-refractivity contribution in [2.45, 2.75) is 47.6 Å². The maximum Gasteiger partial charge on any atom is 0.294 e. The second kappa shape index (κ2) is 8.18. The lowest BCUT2D eigenvalue weighted by molar-refractivity contribution is -0.128. The van der Waals surface area contributed by atoms with Crippen LogP contribution in [0.4, 0.5) is 0 Å². The predicted molar refractivity (Wildman–Crippen MR) is 114 cm³/mol. The van der Waals surface area contributed by atoms with Gasteiger partial charge in [0.15, 0.2) is 5.17 Å². The number of hydrogen-bond acceptors (Lipinski definition) is 5. The molecule has 1 aromatic carbocycles. The Morgan fingerprint density at radius 1 is 1.04 bits per heavy atom. The van der Waals surface area contributed by atoms with Gasteiger partial charge in [-0.1, -0.05) is 73.0 Å². The zero-order chi connectivity index (χ0) is 19.7. The van der Waals surface area contributed by atoms with Crippen molar-refractivity contribution >= 4 is 55.8 Å². The van der Waals surface area contributed by atoms with Crippen LogP contribution in [0.15, 0.2) is 51.1 Å². The Balaban J connectivity index is 1.73. The van der Waals surface area contributed by atoms with Crippen molar-refractivity contribution in [2.75, 3.05) is 0 Å². The van der Waals surface area contributed by atoms with Crippen molar-refractivity contribution in [1.82, 2.24) is 4.90 Å². The van der Waals surface area contributed by atoms with E-state index in [0.717, 1.165) is 49.0 Å². The molecular weight excluding hydrogens is 436 g/mol. The van der Waals surface area contributed by atoms with Gasteiger partial charge in [0.05, 0.1) is 4.34 Å². The third-order valence-electron chi connectivity index (χ3n) is 4.93. The summed E-state index contributed by atoms with van der Waals surface area (Å²) in [7, 11) is -3.92. The first-order valence-electron chi connectivity index (χ1n) is 9.11. The van der Waals surface area contributed by atoms with Gasteiger partial charge >= 0.3 is 0 Å². The van der Waals surface area contributed by atoms with E-state index in [1.165, 1.54) is 23.9 Å². The molecule has 1 unspecified atom stereocenters. The number of sulfonamides is 1. The minimum Gasteiger partial charge on any atom is -0.286 e. The van der Waals surface area contributed by atoms with Crippen LogP contribution in [0.25, 0.3) is 0 Å². The Kier molecular flexibility index (Phi) is 5.83. The standard InChI is InChI=1S/C19H19ClN2O3S3/c20-15-11-12-16(26-15)28(24,25)21-19-22(14-9-5-2-6-10-14)18(23)17(27-19)13-7-3-1-4-8-13/h1,3-4,7-8,11-12,14,17H,2,5-6,9-10H2/b21-19-. The molecule has 0 spiro atoms. The van der Waals surface area contributed by atoms with Crippen LogP contribution in [0.3, 0.4) is 0 Å². The molecule has 2 heterocycles. The molecule has 0 bridgehead atoms. The molecule has 0 radical (unpaired) electrons. The average molecular weight is 455 g/mol. The van der Waals surface area contributed by atoms with Gasteiger partial charge in [-0.15, -0.1) is 15.7 Å². The normalized spacial score (nSPS) is 22.9. The fraction of sp³-hybridized carbons (Fsp3) is 0.368. The zero-order valence-electron chi connectivity index (χ0n) is 15.0. The Labute approximate surface area is 177 Å². The molecule has 2 aliphatic rings. The van der Waals surface area contributed by atoms with Crippen molar-refractivity contribution in [3.63, 3.8) is 0 Å². The molecule has 4 rings (SSSR count). The van der Waals surface area contributed by atoms with Gasteiger partial charge < -0.3 is 0 Å². The van der Waals surface area contributed by atoms with Gasteiger partial charge in [0.1, 0.15) is 9.46 Å². The van der Waals surface area contributed by atoms with Crippen molar-refractivity contribution in [1.29, 1.82) is 0 Å². The third kappa shape index (κ3) is 4.01. The van der Waals surface area contributed by atoms with Crippen LogP contribution in [0.1, 0.15) is 42.9 Å². The summed E-state index contributed by atoms with van der Waals surface area (Å²) in [6.45, 7) is 0. The summed E-state index contributed by atoms with van der Waals surface area (Å²) in [5.41, 5.74) is 0.861. The molecule has 0 N–H and O–H groups in total. The number of thiophene rings is 1. The van der Waals surface area contributed by atoms with Crippen LogP contribution in [0, 0.1) is 0 Å². The van der Waals surface area contributed by atoms with Crippen molar-refractivity contribution in [2.24, 2.45) is 4.40 Å². The first-order valence-corrected chi connectivity index (χ1v) is 12.6. The Hall–Kier alpha value is -1.35. The number of hydrogen-bond donors (Lipinski definition) is 0. The van der Waals surface area contributed by atoms with E-state index < -0.39 is 15.3 Å². The molecule has 9 heteroatoms. The summed E-state index contributed by atoms with van der Waals surface area (Å²) in [6, 6.07) is 12.4. The third-order valence-corrected chi connectivity index (χ3v) is 9.22. The van der Waals surface area contributed by atoms with Gasteiger partial charge in [-0.25, -0.2) is 0 Å². The number of carbonyl (C=O) groups is 1. The first kappa shape index (κ1) is 19.9. The topological polar surface area (TPSA) is 66.8 Å². The van der Waals surface area contributed by atoms with Crippen LogP contribution in [-0.4, -0.2) is 30.4 Å². The number of benzene rings is 1.